The fourth-order valence-corrected chi connectivity index (χ4v) is 7.00. The lowest BCUT2D eigenvalue weighted by Gasteiger charge is -2.36. The van der Waals surface area contributed by atoms with Crippen LogP contribution in [0.3, 0.4) is 0 Å². The fourth-order valence-electron chi connectivity index (χ4n) is 7.00. The van der Waals surface area contributed by atoms with Crippen LogP contribution in [-0.2, 0) is 0 Å². The molecule has 0 amide bonds. The van der Waals surface area contributed by atoms with Gasteiger partial charge in [0.15, 0.2) is 0 Å². The highest BCUT2D eigenvalue weighted by atomic mass is 15.2. The van der Waals surface area contributed by atoms with Gasteiger partial charge in [0.1, 0.15) is 0 Å². The largest absolute Gasteiger partial charge is 0.345 e. The van der Waals surface area contributed by atoms with Gasteiger partial charge in [0.05, 0.1) is 6.04 Å². The highest BCUT2D eigenvalue weighted by molar-refractivity contribution is 5.77. The maximum Gasteiger partial charge on any atom is 0.0631 e. The molecule has 236 valence electrons. The van der Waals surface area contributed by atoms with Crippen LogP contribution in [0.4, 0.5) is 22.7 Å². The van der Waals surface area contributed by atoms with Crippen LogP contribution in [0.25, 0.3) is 39.5 Å². The van der Waals surface area contributed by atoms with E-state index in [0.717, 1.165) is 17.8 Å². The van der Waals surface area contributed by atoms with E-state index in [1.165, 1.54) is 55.9 Å². The Hall–Kier alpha value is -6.12. The predicted molar refractivity (Wildman–Crippen MR) is 209 cm³/mol. The van der Waals surface area contributed by atoms with E-state index in [2.05, 4.69) is 211 Å². The first-order valence-corrected chi connectivity index (χ1v) is 17.0. The van der Waals surface area contributed by atoms with Gasteiger partial charge in [-0.15, -0.1) is 0 Å². The lowest BCUT2D eigenvalue weighted by Crippen LogP contribution is -2.25. The molecule has 2 nitrogen and oxygen atoms in total. The molecule has 1 aliphatic carbocycles. The van der Waals surface area contributed by atoms with Crippen LogP contribution in [-0.4, -0.2) is 7.05 Å². The molecule has 0 saturated carbocycles. The van der Waals surface area contributed by atoms with Crippen molar-refractivity contribution in [1.29, 1.82) is 0 Å². The number of rotatable bonds is 8. The number of benzene rings is 7. The number of fused-ring (bicyclic) bond motifs is 1. The van der Waals surface area contributed by atoms with E-state index in [1.54, 1.807) is 0 Å². The molecule has 49 heavy (non-hydrogen) atoms. The summed E-state index contributed by atoms with van der Waals surface area (Å²) in [5, 5.41) is 0. The van der Waals surface area contributed by atoms with E-state index in [-0.39, 0.29) is 6.04 Å². The third-order valence-corrected chi connectivity index (χ3v) is 9.63. The SMILES string of the molecule is CN(c1ccc(-c2ccc(N(c3cccc(-c4ccccc4)c3)C3CC=Cc4ccccc43)cc2)cc1)c1cccc(-c2ccccc2)c1. The van der Waals surface area contributed by atoms with Crippen LogP contribution in [0.15, 0.2) is 188 Å². The Bertz CT molecular complexity index is 2200. The molecule has 0 aromatic heterocycles. The Morgan fingerprint density at radius 3 is 1.53 bits per heavy atom. The molecule has 1 unspecified atom stereocenters. The average molecular weight is 631 g/mol. The zero-order valence-corrected chi connectivity index (χ0v) is 27.7. The maximum atomic E-state index is 2.51. The van der Waals surface area contributed by atoms with E-state index in [4.69, 9.17) is 0 Å². The van der Waals surface area contributed by atoms with Gasteiger partial charge in [0.25, 0.3) is 0 Å². The Morgan fingerprint density at radius 2 is 0.898 bits per heavy atom. The zero-order chi connectivity index (χ0) is 33.0. The number of anilines is 4. The second-order valence-electron chi connectivity index (χ2n) is 12.6. The van der Waals surface area contributed by atoms with Crippen LogP contribution < -0.4 is 9.80 Å². The van der Waals surface area contributed by atoms with Gasteiger partial charge in [-0.2, -0.15) is 0 Å². The van der Waals surface area contributed by atoms with Crippen molar-refractivity contribution in [2.75, 3.05) is 16.8 Å². The molecule has 8 rings (SSSR count). The third kappa shape index (κ3) is 6.29. The summed E-state index contributed by atoms with van der Waals surface area (Å²) in [7, 11) is 2.13. The average Bonchev–Trinajstić information content (AvgIpc) is 3.19. The van der Waals surface area contributed by atoms with Crippen LogP contribution >= 0.6 is 0 Å². The Labute approximate surface area is 289 Å². The van der Waals surface area contributed by atoms with Gasteiger partial charge in [-0.05, 0) is 99.5 Å². The number of hydrogen-bond acceptors (Lipinski definition) is 2. The second-order valence-corrected chi connectivity index (χ2v) is 12.6. The smallest absolute Gasteiger partial charge is 0.0631 e. The van der Waals surface area contributed by atoms with Crippen molar-refractivity contribution in [3.05, 3.63) is 199 Å². The molecule has 7 aromatic carbocycles. The van der Waals surface area contributed by atoms with Crippen LogP contribution in [0.5, 0.6) is 0 Å². The topological polar surface area (TPSA) is 6.48 Å². The molecule has 0 bridgehead atoms. The zero-order valence-electron chi connectivity index (χ0n) is 27.7. The minimum absolute atomic E-state index is 0.188. The minimum Gasteiger partial charge on any atom is -0.345 e. The van der Waals surface area contributed by atoms with Gasteiger partial charge in [-0.3, -0.25) is 0 Å². The Morgan fingerprint density at radius 1 is 0.408 bits per heavy atom. The molecule has 1 atom stereocenters. The van der Waals surface area contributed by atoms with E-state index in [9.17, 15) is 0 Å². The Balaban J connectivity index is 1.09. The van der Waals surface area contributed by atoms with Crippen molar-refractivity contribution in [1.82, 2.24) is 0 Å². The molecule has 0 fully saturated rings. The molecule has 1 aliphatic rings. The summed E-state index contributed by atoms with van der Waals surface area (Å²) in [6.45, 7) is 0. The minimum atomic E-state index is 0.188. The van der Waals surface area contributed by atoms with E-state index in [1.807, 2.05) is 0 Å². The summed E-state index contributed by atoms with van der Waals surface area (Å²) < 4.78 is 0. The summed E-state index contributed by atoms with van der Waals surface area (Å²) in [5.74, 6) is 0. The molecule has 0 radical (unpaired) electrons. The quantitative estimate of drug-likeness (QED) is 0.165. The van der Waals surface area contributed by atoms with Crippen molar-refractivity contribution < 1.29 is 0 Å². The fraction of sp³-hybridized carbons (Fsp3) is 0.0638. The van der Waals surface area contributed by atoms with Gasteiger partial charge >= 0.3 is 0 Å². The first kappa shape index (κ1) is 30.2. The second kappa shape index (κ2) is 13.5. The molecule has 2 heteroatoms. The van der Waals surface area contributed by atoms with Gasteiger partial charge in [0, 0.05) is 29.8 Å². The normalized spacial score (nSPS) is 13.4. The molecular weight excluding hydrogens is 593 g/mol. The Kier molecular flexibility index (Phi) is 8.36. The first-order valence-electron chi connectivity index (χ1n) is 17.0. The molecule has 0 aliphatic heterocycles. The van der Waals surface area contributed by atoms with Gasteiger partial charge in [-0.1, -0.05) is 146 Å². The molecular formula is C47H38N2. The van der Waals surface area contributed by atoms with Crippen LogP contribution in [0.2, 0.25) is 0 Å². The standard InChI is InChI=1S/C47H38N2/c1-48(44-21-10-19-40(33-44)35-13-4-2-5-14-35)42-29-25-37(26-30-42)38-27-31-43(32-28-38)49(47-24-12-18-39-17-8-9-23-46(39)47)45-22-11-20-41(34-45)36-15-6-3-7-16-36/h2-23,25-34,47H,24H2,1H3. The van der Waals surface area contributed by atoms with E-state index >= 15 is 0 Å². The summed E-state index contributed by atoms with van der Waals surface area (Å²) >= 11 is 0. The van der Waals surface area contributed by atoms with Crippen molar-refractivity contribution in [2.45, 2.75) is 12.5 Å². The third-order valence-electron chi connectivity index (χ3n) is 9.63. The summed E-state index contributed by atoms with van der Waals surface area (Å²) in [6, 6.07) is 65.8. The number of nitrogens with zero attached hydrogens (tertiary/aromatic N) is 2. The predicted octanol–water partition coefficient (Wildman–Crippen LogP) is 12.8. The monoisotopic (exact) mass is 630 g/mol. The van der Waals surface area contributed by atoms with Gasteiger partial charge < -0.3 is 9.80 Å². The van der Waals surface area contributed by atoms with Crippen LogP contribution in [0.1, 0.15) is 23.6 Å². The molecule has 0 heterocycles. The molecule has 7 aromatic rings. The first-order chi connectivity index (χ1) is 24.2. The van der Waals surface area contributed by atoms with E-state index < -0.39 is 0 Å². The molecule has 0 N–H and O–H groups in total. The lowest BCUT2D eigenvalue weighted by molar-refractivity contribution is 0.702. The van der Waals surface area contributed by atoms with Gasteiger partial charge in [-0.25, -0.2) is 0 Å². The van der Waals surface area contributed by atoms with Gasteiger partial charge in [0.2, 0.25) is 0 Å². The highest BCUT2D eigenvalue weighted by Gasteiger charge is 2.26. The highest BCUT2D eigenvalue weighted by Crippen LogP contribution is 2.42. The van der Waals surface area contributed by atoms with Crippen molar-refractivity contribution >= 4 is 28.8 Å². The van der Waals surface area contributed by atoms with Crippen molar-refractivity contribution in [3.8, 4) is 33.4 Å². The lowest BCUT2D eigenvalue weighted by atomic mass is 9.90. The summed E-state index contributed by atoms with van der Waals surface area (Å²) in [4.78, 5) is 4.76. The molecule has 0 spiro atoms. The molecule has 0 saturated heterocycles. The van der Waals surface area contributed by atoms with Crippen molar-refractivity contribution in [3.63, 3.8) is 0 Å². The number of hydrogen-bond donors (Lipinski definition) is 0. The van der Waals surface area contributed by atoms with Crippen LogP contribution in [0, 0.1) is 0 Å². The summed E-state index contributed by atoms with van der Waals surface area (Å²) in [5.41, 5.74) is 14.6. The maximum absolute atomic E-state index is 2.51. The van der Waals surface area contributed by atoms with Crippen molar-refractivity contribution in [2.24, 2.45) is 0 Å². The van der Waals surface area contributed by atoms with E-state index in [0.29, 0.717) is 0 Å². The summed E-state index contributed by atoms with van der Waals surface area (Å²) in [6.07, 6.45) is 5.51.